The van der Waals surface area contributed by atoms with Crippen molar-refractivity contribution in [3.8, 4) is 23.0 Å². The molecule has 0 aliphatic heterocycles. The summed E-state index contributed by atoms with van der Waals surface area (Å²) in [6, 6.07) is 24.6. The second-order valence-corrected chi connectivity index (χ2v) is 8.38. The van der Waals surface area contributed by atoms with Crippen LogP contribution in [0.2, 0.25) is 0 Å². The van der Waals surface area contributed by atoms with Crippen LogP contribution in [0.3, 0.4) is 0 Å². The maximum absolute atomic E-state index is 13.7. The van der Waals surface area contributed by atoms with E-state index in [0.717, 1.165) is 5.56 Å². The van der Waals surface area contributed by atoms with Gasteiger partial charge in [0, 0.05) is 10.8 Å². The van der Waals surface area contributed by atoms with Gasteiger partial charge < -0.3 is 18.7 Å². The lowest BCUT2D eigenvalue weighted by Crippen LogP contribution is -2.08. The van der Waals surface area contributed by atoms with Crippen molar-refractivity contribution in [2.45, 2.75) is 13.8 Å². The molecular formula is C24H21O5P. The van der Waals surface area contributed by atoms with Crippen LogP contribution in [-0.2, 0) is 4.57 Å². The van der Waals surface area contributed by atoms with Crippen LogP contribution in [0.4, 0.5) is 0 Å². The molecule has 1 N–H and O–H groups in total. The Morgan fingerprint density at radius 1 is 0.700 bits per heavy atom. The minimum atomic E-state index is -4.12. The van der Waals surface area contributed by atoms with Gasteiger partial charge in [-0.25, -0.2) is 0 Å². The number of aryl methyl sites for hydroxylation is 2. The van der Waals surface area contributed by atoms with E-state index in [1.807, 2.05) is 37.3 Å². The highest BCUT2D eigenvalue weighted by atomic mass is 31.2. The summed E-state index contributed by atoms with van der Waals surface area (Å²) < 4.78 is 31.1. The number of phenolic OH excluding ortho intramolecular Hbond substituents is 1. The molecule has 0 saturated carbocycles. The normalized spacial score (nSPS) is 11.3. The fourth-order valence-corrected chi connectivity index (χ4v) is 4.48. The van der Waals surface area contributed by atoms with Crippen LogP contribution in [0, 0.1) is 13.8 Å². The van der Waals surface area contributed by atoms with Crippen LogP contribution in [0.5, 0.6) is 23.0 Å². The molecule has 0 aromatic heterocycles. The highest BCUT2D eigenvalue weighted by molar-refractivity contribution is 7.49. The molecule has 0 bridgehead atoms. The molecule has 4 rings (SSSR count). The first-order chi connectivity index (χ1) is 14.4. The summed E-state index contributed by atoms with van der Waals surface area (Å²) in [5.74, 6) is 1.17. The molecule has 0 saturated heterocycles. The summed E-state index contributed by atoms with van der Waals surface area (Å²) in [5, 5.41) is 11.6. The third-order valence-electron chi connectivity index (χ3n) is 4.53. The number of phosphoric acid groups is 1. The summed E-state index contributed by atoms with van der Waals surface area (Å²) >= 11 is 0. The Balaban J connectivity index is 1.79. The van der Waals surface area contributed by atoms with E-state index in [0.29, 0.717) is 33.6 Å². The van der Waals surface area contributed by atoms with E-state index in [4.69, 9.17) is 13.6 Å². The monoisotopic (exact) mass is 420 g/mol. The van der Waals surface area contributed by atoms with Crippen LogP contribution in [0.25, 0.3) is 10.8 Å². The van der Waals surface area contributed by atoms with Crippen molar-refractivity contribution >= 4 is 18.6 Å². The predicted octanol–water partition coefficient (Wildman–Crippen LogP) is 6.81. The fourth-order valence-electron chi connectivity index (χ4n) is 3.14. The zero-order chi connectivity index (χ0) is 21.1. The van der Waals surface area contributed by atoms with Gasteiger partial charge in [0.2, 0.25) is 0 Å². The summed E-state index contributed by atoms with van der Waals surface area (Å²) in [4.78, 5) is 0. The van der Waals surface area contributed by atoms with Crippen molar-refractivity contribution in [3.05, 3.63) is 96.1 Å². The lowest BCUT2D eigenvalue weighted by atomic mass is 10.0. The Labute approximate surface area is 175 Å². The molecule has 30 heavy (non-hydrogen) atoms. The molecule has 6 heteroatoms. The van der Waals surface area contributed by atoms with Crippen molar-refractivity contribution in [1.29, 1.82) is 0 Å². The van der Waals surface area contributed by atoms with E-state index in [1.165, 1.54) is 0 Å². The fraction of sp³-hybridized carbons (Fsp3) is 0.0833. The third-order valence-corrected chi connectivity index (χ3v) is 5.81. The van der Waals surface area contributed by atoms with E-state index in [9.17, 15) is 9.67 Å². The summed E-state index contributed by atoms with van der Waals surface area (Å²) in [5.41, 5.74) is 1.59. The van der Waals surface area contributed by atoms with Crippen LogP contribution in [-0.4, -0.2) is 5.11 Å². The Hall–Kier alpha value is -3.43. The van der Waals surface area contributed by atoms with E-state index < -0.39 is 7.82 Å². The Morgan fingerprint density at radius 3 is 1.83 bits per heavy atom. The molecule has 0 heterocycles. The van der Waals surface area contributed by atoms with Crippen molar-refractivity contribution < 1.29 is 23.2 Å². The minimum Gasteiger partial charge on any atom is -0.507 e. The van der Waals surface area contributed by atoms with Gasteiger partial charge in [0.05, 0.1) is 0 Å². The molecule has 0 fully saturated rings. The lowest BCUT2D eigenvalue weighted by Gasteiger charge is -2.21. The highest BCUT2D eigenvalue weighted by Crippen LogP contribution is 2.52. The molecule has 0 amide bonds. The van der Waals surface area contributed by atoms with E-state index in [-0.39, 0.29) is 5.75 Å². The number of para-hydroxylation sites is 2. The lowest BCUT2D eigenvalue weighted by molar-refractivity contribution is 0.299. The SMILES string of the molecule is Cc1ccc2c(OP(=O)(Oc3ccccc3)Oc3ccccc3)c(C)cc(O)c2c1. The van der Waals surface area contributed by atoms with Crippen molar-refractivity contribution in [3.63, 3.8) is 0 Å². The third kappa shape index (κ3) is 4.27. The molecule has 0 aliphatic carbocycles. The zero-order valence-electron chi connectivity index (χ0n) is 16.6. The number of phosphoric ester groups is 1. The molecule has 0 atom stereocenters. The summed E-state index contributed by atoms with van der Waals surface area (Å²) in [6.45, 7) is 3.70. The largest absolute Gasteiger partial charge is 0.647 e. The topological polar surface area (TPSA) is 65.0 Å². The first-order valence-corrected chi connectivity index (χ1v) is 10.9. The molecule has 152 valence electrons. The number of rotatable bonds is 6. The second-order valence-electron chi connectivity index (χ2n) is 6.94. The van der Waals surface area contributed by atoms with Gasteiger partial charge in [-0.3, -0.25) is 0 Å². The van der Waals surface area contributed by atoms with Gasteiger partial charge in [-0.15, -0.1) is 0 Å². The predicted molar refractivity (Wildman–Crippen MR) is 117 cm³/mol. The van der Waals surface area contributed by atoms with Gasteiger partial charge in [-0.05, 0) is 55.8 Å². The van der Waals surface area contributed by atoms with E-state index in [2.05, 4.69) is 0 Å². The van der Waals surface area contributed by atoms with Crippen LogP contribution < -0.4 is 13.6 Å². The quantitative estimate of drug-likeness (QED) is 0.347. The molecule has 0 spiro atoms. The van der Waals surface area contributed by atoms with Crippen LogP contribution >= 0.6 is 7.82 Å². The molecular weight excluding hydrogens is 399 g/mol. The average Bonchev–Trinajstić information content (AvgIpc) is 2.72. The first-order valence-electron chi connectivity index (χ1n) is 9.45. The summed E-state index contributed by atoms with van der Waals surface area (Å²) in [6.07, 6.45) is 0. The number of phenols is 1. The second kappa shape index (κ2) is 8.13. The molecule has 0 radical (unpaired) electrons. The molecule has 4 aromatic carbocycles. The van der Waals surface area contributed by atoms with E-state index >= 15 is 0 Å². The average molecular weight is 420 g/mol. The molecule has 0 aliphatic rings. The number of hydrogen-bond donors (Lipinski definition) is 1. The molecule has 0 unspecified atom stereocenters. The van der Waals surface area contributed by atoms with Gasteiger partial charge in [0.15, 0.2) is 0 Å². The number of aromatic hydroxyl groups is 1. The molecule has 5 nitrogen and oxygen atoms in total. The van der Waals surface area contributed by atoms with Gasteiger partial charge >= 0.3 is 7.82 Å². The van der Waals surface area contributed by atoms with Gasteiger partial charge in [-0.2, -0.15) is 4.57 Å². The Kier molecular flexibility index (Phi) is 5.39. The standard InChI is InChI=1S/C24H21O5P/c1-17-13-14-21-22(15-17)23(25)16-18(2)24(21)29-30(26,27-19-9-5-3-6-10-19)28-20-11-7-4-8-12-20/h3-16,25H,1-2H3. The smallest absolute Gasteiger partial charge is 0.507 e. The highest BCUT2D eigenvalue weighted by Gasteiger charge is 2.34. The van der Waals surface area contributed by atoms with Crippen LogP contribution in [0.15, 0.2) is 84.9 Å². The van der Waals surface area contributed by atoms with Crippen LogP contribution in [0.1, 0.15) is 11.1 Å². The van der Waals surface area contributed by atoms with E-state index in [1.54, 1.807) is 61.5 Å². The van der Waals surface area contributed by atoms with Gasteiger partial charge in [0.25, 0.3) is 0 Å². The van der Waals surface area contributed by atoms with Crippen molar-refractivity contribution in [2.24, 2.45) is 0 Å². The maximum Gasteiger partial charge on any atom is 0.647 e. The maximum atomic E-state index is 13.7. The summed E-state index contributed by atoms with van der Waals surface area (Å²) in [7, 11) is -4.12. The Morgan fingerprint density at radius 2 is 1.27 bits per heavy atom. The van der Waals surface area contributed by atoms with Gasteiger partial charge in [-0.1, -0.05) is 54.1 Å². The van der Waals surface area contributed by atoms with Crippen molar-refractivity contribution in [2.75, 3.05) is 0 Å². The van der Waals surface area contributed by atoms with Crippen molar-refractivity contribution in [1.82, 2.24) is 0 Å². The zero-order valence-corrected chi connectivity index (χ0v) is 17.5. The number of hydrogen-bond acceptors (Lipinski definition) is 5. The number of fused-ring (bicyclic) bond motifs is 1. The minimum absolute atomic E-state index is 0.126. The Bertz CT molecular complexity index is 1180. The number of benzene rings is 4. The van der Waals surface area contributed by atoms with Gasteiger partial charge in [0.1, 0.15) is 23.0 Å². The molecule has 4 aromatic rings. The first kappa shape index (κ1) is 19.9.